The molecule has 1 aliphatic heterocycles. The SMILES string of the molecule is Nc1ncc(Cl)c(N2CCS(=O)CC2)n1. The zero-order valence-electron chi connectivity index (χ0n) is 8.02. The molecule has 1 aromatic heterocycles. The molecule has 0 atom stereocenters. The fourth-order valence-corrected chi connectivity index (χ4v) is 2.71. The quantitative estimate of drug-likeness (QED) is 0.771. The van der Waals surface area contributed by atoms with E-state index >= 15 is 0 Å². The molecule has 1 aliphatic rings. The van der Waals surface area contributed by atoms with Gasteiger partial charge in [0.25, 0.3) is 0 Å². The van der Waals surface area contributed by atoms with E-state index in [2.05, 4.69) is 9.97 Å². The summed E-state index contributed by atoms with van der Waals surface area (Å²) in [4.78, 5) is 9.87. The minimum atomic E-state index is -0.706. The van der Waals surface area contributed by atoms with Gasteiger partial charge in [0, 0.05) is 35.4 Å². The molecule has 0 unspecified atom stereocenters. The van der Waals surface area contributed by atoms with Gasteiger partial charge in [0.05, 0.1) is 6.20 Å². The molecule has 0 bridgehead atoms. The van der Waals surface area contributed by atoms with E-state index < -0.39 is 10.8 Å². The zero-order valence-corrected chi connectivity index (χ0v) is 9.59. The van der Waals surface area contributed by atoms with Gasteiger partial charge in [0.1, 0.15) is 5.02 Å². The Kier molecular flexibility index (Phi) is 3.06. The highest BCUT2D eigenvalue weighted by Crippen LogP contribution is 2.23. The van der Waals surface area contributed by atoms with Crippen molar-refractivity contribution in [3.8, 4) is 0 Å². The number of nitrogens with zero attached hydrogens (tertiary/aromatic N) is 3. The third kappa shape index (κ3) is 2.38. The first-order valence-electron chi connectivity index (χ1n) is 4.55. The summed E-state index contributed by atoms with van der Waals surface area (Å²) in [5.74, 6) is 2.16. The topological polar surface area (TPSA) is 72.1 Å². The van der Waals surface area contributed by atoms with Crippen LogP contribution in [0.3, 0.4) is 0 Å². The van der Waals surface area contributed by atoms with Crippen LogP contribution in [0.15, 0.2) is 6.20 Å². The normalized spacial score (nSPS) is 18.1. The minimum absolute atomic E-state index is 0.209. The standard InChI is InChI=1S/C8H11ClN4OS/c9-6-5-11-8(10)12-7(6)13-1-3-15(14)4-2-13/h5H,1-4H2,(H2,10,11,12). The number of halogens is 1. The maximum atomic E-state index is 11.2. The molecule has 0 saturated carbocycles. The van der Waals surface area contributed by atoms with Crippen LogP contribution in [0.5, 0.6) is 0 Å². The Morgan fingerprint density at radius 2 is 2.13 bits per heavy atom. The Bertz CT molecular complexity index is 390. The Morgan fingerprint density at radius 3 is 2.80 bits per heavy atom. The van der Waals surface area contributed by atoms with Crippen molar-refractivity contribution in [3.63, 3.8) is 0 Å². The molecule has 0 aromatic carbocycles. The van der Waals surface area contributed by atoms with Crippen molar-refractivity contribution in [1.29, 1.82) is 0 Å². The summed E-state index contributed by atoms with van der Waals surface area (Å²) in [5.41, 5.74) is 5.49. The highest BCUT2D eigenvalue weighted by atomic mass is 35.5. The smallest absolute Gasteiger partial charge is 0.222 e. The van der Waals surface area contributed by atoms with E-state index in [9.17, 15) is 4.21 Å². The van der Waals surface area contributed by atoms with Gasteiger partial charge in [-0.2, -0.15) is 4.98 Å². The van der Waals surface area contributed by atoms with Gasteiger partial charge < -0.3 is 10.6 Å². The lowest BCUT2D eigenvalue weighted by Gasteiger charge is -2.27. The third-order valence-corrected chi connectivity index (χ3v) is 3.76. The van der Waals surface area contributed by atoms with Crippen molar-refractivity contribution in [2.45, 2.75) is 0 Å². The average Bonchev–Trinajstić information content (AvgIpc) is 2.23. The molecule has 1 saturated heterocycles. The molecular weight excluding hydrogens is 236 g/mol. The molecule has 0 aliphatic carbocycles. The highest BCUT2D eigenvalue weighted by Gasteiger charge is 2.19. The summed E-state index contributed by atoms with van der Waals surface area (Å²) in [5, 5.41) is 0.483. The minimum Gasteiger partial charge on any atom is -0.368 e. The van der Waals surface area contributed by atoms with E-state index in [1.54, 1.807) is 0 Å². The van der Waals surface area contributed by atoms with E-state index in [0.29, 0.717) is 35.4 Å². The second-order valence-corrected chi connectivity index (χ2v) is 5.34. The van der Waals surface area contributed by atoms with E-state index in [1.165, 1.54) is 6.20 Å². The summed E-state index contributed by atoms with van der Waals surface area (Å²) in [6.45, 7) is 1.39. The van der Waals surface area contributed by atoms with Crippen molar-refractivity contribution in [1.82, 2.24) is 9.97 Å². The van der Waals surface area contributed by atoms with Crippen LogP contribution >= 0.6 is 11.6 Å². The molecule has 2 heterocycles. The van der Waals surface area contributed by atoms with Gasteiger partial charge in [0.2, 0.25) is 5.95 Å². The van der Waals surface area contributed by atoms with Gasteiger partial charge in [-0.05, 0) is 0 Å². The second kappa shape index (κ2) is 4.32. The number of nitrogens with two attached hydrogens (primary N) is 1. The fourth-order valence-electron chi connectivity index (χ4n) is 1.44. The van der Waals surface area contributed by atoms with Crippen molar-refractivity contribution in [2.75, 3.05) is 35.2 Å². The number of aromatic nitrogens is 2. The molecule has 1 fully saturated rings. The van der Waals surface area contributed by atoms with Crippen LogP contribution in [-0.2, 0) is 10.8 Å². The number of hydrogen-bond donors (Lipinski definition) is 1. The number of anilines is 2. The van der Waals surface area contributed by atoms with Crippen molar-refractivity contribution in [2.24, 2.45) is 0 Å². The van der Waals surface area contributed by atoms with Gasteiger partial charge in [-0.3, -0.25) is 4.21 Å². The highest BCUT2D eigenvalue weighted by molar-refractivity contribution is 7.85. The van der Waals surface area contributed by atoms with Gasteiger partial charge >= 0.3 is 0 Å². The van der Waals surface area contributed by atoms with Crippen LogP contribution in [-0.4, -0.2) is 38.8 Å². The van der Waals surface area contributed by atoms with Crippen LogP contribution in [0.4, 0.5) is 11.8 Å². The van der Waals surface area contributed by atoms with Crippen LogP contribution < -0.4 is 10.6 Å². The van der Waals surface area contributed by atoms with Gasteiger partial charge in [-0.25, -0.2) is 4.98 Å². The van der Waals surface area contributed by atoms with E-state index in [4.69, 9.17) is 17.3 Å². The molecule has 2 rings (SSSR count). The molecule has 0 spiro atoms. The van der Waals surface area contributed by atoms with Crippen molar-refractivity contribution < 1.29 is 4.21 Å². The Hall–Kier alpha value is -0.880. The summed E-state index contributed by atoms with van der Waals surface area (Å²) >= 11 is 5.97. The second-order valence-electron chi connectivity index (χ2n) is 3.23. The van der Waals surface area contributed by atoms with Crippen LogP contribution in [0.25, 0.3) is 0 Å². The third-order valence-electron chi connectivity index (χ3n) is 2.22. The largest absolute Gasteiger partial charge is 0.368 e. The summed E-state index contributed by atoms with van der Waals surface area (Å²) < 4.78 is 11.2. The predicted molar refractivity (Wildman–Crippen MR) is 61.5 cm³/mol. The maximum Gasteiger partial charge on any atom is 0.222 e. The lowest BCUT2D eigenvalue weighted by molar-refractivity contribution is 0.672. The van der Waals surface area contributed by atoms with Crippen LogP contribution in [0, 0.1) is 0 Å². The van der Waals surface area contributed by atoms with Gasteiger partial charge in [-0.1, -0.05) is 11.6 Å². The molecule has 15 heavy (non-hydrogen) atoms. The van der Waals surface area contributed by atoms with Crippen LogP contribution in [0.1, 0.15) is 0 Å². The zero-order chi connectivity index (χ0) is 10.8. The molecule has 7 heteroatoms. The molecule has 1 aromatic rings. The lowest BCUT2D eigenvalue weighted by atomic mass is 10.4. The fraction of sp³-hybridized carbons (Fsp3) is 0.500. The Labute approximate surface area is 95.1 Å². The lowest BCUT2D eigenvalue weighted by Crippen LogP contribution is -2.38. The Morgan fingerprint density at radius 1 is 1.47 bits per heavy atom. The average molecular weight is 247 g/mol. The van der Waals surface area contributed by atoms with E-state index in [-0.39, 0.29) is 5.95 Å². The molecule has 5 nitrogen and oxygen atoms in total. The monoisotopic (exact) mass is 246 g/mol. The molecule has 2 N–H and O–H groups in total. The van der Waals surface area contributed by atoms with Crippen molar-refractivity contribution >= 4 is 34.2 Å². The molecule has 0 radical (unpaired) electrons. The first-order chi connectivity index (χ1) is 7.16. The van der Waals surface area contributed by atoms with E-state index in [0.717, 1.165) is 0 Å². The first-order valence-corrected chi connectivity index (χ1v) is 6.41. The number of hydrogen-bond acceptors (Lipinski definition) is 5. The first kappa shape index (κ1) is 10.6. The Balaban J connectivity index is 2.21. The molecular formula is C8H11ClN4OS. The summed E-state index contributed by atoms with van der Waals surface area (Å²) in [7, 11) is -0.706. The predicted octanol–water partition coefficient (Wildman–Crippen LogP) is 0.281. The van der Waals surface area contributed by atoms with Crippen LogP contribution in [0.2, 0.25) is 5.02 Å². The number of rotatable bonds is 1. The maximum absolute atomic E-state index is 11.2. The summed E-state index contributed by atoms with van der Waals surface area (Å²) in [6, 6.07) is 0. The summed E-state index contributed by atoms with van der Waals surface area (Å²) in [6.07, 6.45) is 1.49. The number of nitrogen functional groups attached to an aromatic ring is 1. The molecule has 82 valence electrons. The van der Waals surface area contributed by atoms with Gasteiger partial charge in [-0.15, -0.1) is 0 Å². The van der Waals surface area contributed by atoms with Gasteiger partial charge in [0.15, 0.2) is 5.82 Å². The molecule has 0 amide bonds. The van der Waals surface area contributed by atoms with E-state index in [1.807, 2.05) is 4.90 Å². The van der Waals surface area contributed by atoms with Crippen molar-refractivity contribution in [3.05, 3.63) is 11.2 Å².